The molecule has 3 heteroatoms. The second-order valence-electron chi connectivity index (χ2n) is 4.47. The van der Waals surface area contributed by atoms with Crippen LogP contribution < -0.4 is 10.1 Å². The van der Waals surface area contributed by atoms with Crippen LogP contribution in [0.15, 0.2) is 22.7 Å². The molecule has 0 aromatic heterocycles. The zero-order valence-corrected chi connectivity index (χ0v) is 12.0. The summed E-state index contributed by atoms with van der Waals surface area (Å²) in [5, 5.41) is 3.39. The Labute approximate surface area is 107 Å². The predicted octanol–water partition coefficient (Wildman–Crippen LogP) is 3.73. The van der Waals surface area contributed by atoms with E-state index in [1.54, 1.807) is 0 Å². The van der Waals surface area contributed by atoms with Crippen LogP contribution in [0.5, 0.6) is 5.75 Å². The molecular formula is C13H20BrNO. The van der Waals surface area contributed by atoms with Crippen LogP contribution in [0.3, 0.4) is 0 Å². The SMILES string of the molecule is CC(C)NCc1ccc(OC(C)C)c(Br)c1. The predicted molar refractivity (Wildman–Crippen MR) is 71.9 cm³/mol. The van der Waals surface area contributed by atoms with E-state index in [0.717, 1.165) is 16.8 Å². The lowest BCUT2D eigenvalue weighted by Gasteiger charge is -2.13. The zero-order valence-electron chi connectivity index (χ0n) is 10.4. The maximum atomic E-state index is 5.66. The minimum absolute atomic E-state index is 0.205. The molecule has 0 aliphatic heterocycles. The van der Waals surface area contributed by atoms with Gasteiger partial charge in [0.15, 0.2) is 0 Å². The summed E-state index contributed by atoms with van der Waals surface area (Å²) in [6, 6.07) is 6.72. The van der Waals surface area contributed by atoms with Crippen LogP contribution in [0, 0.1) is 0 Å². The van der Waals surface area contributed by atoms with E-state index in [4.69, 9.17) is 4.74 Å². The molecular weight excluding hydrogens is 266 g/mol. The molecule has 0 fully saturated rings. The van der Waals surface area contributed by atoms with E-state index in [0.29, 0.717) is 6.04 Å². The highest BCUT2D eigenvalue weighted by Gasteiger charge is 2.04. The normalized spacial score (nSPS) is 11.2. The molecule has 0 amide bonds. The highest BCUT2D eigenvalue weighted by molar-refractivity contribution is 9.10. The second-order valence-corrected chi connectivity index (χ2v) is 5.32. The fourth-order valence-electron chi connectivity index (χ4n) is 1.33. The average Bonchev–Trinajstić information content (AvgIpc) is 2.18. The summed E-state index contributed by atoms with van der Waals surface area (Å²) in [7, 11) is 0. The number of halogens is 1. The van der Waals surface area contributed by atoms with Crippen molar-refractivity contribution in [2.75, 3.05) is 0 Å². The smallest absolute Gasteiger partial charge is 0.133 e. The van der Waals surface area contributed by atoms with Gasteiger partial charge < -0.3 is 10.1 Å². The summed E-state index contributed by atoms with van der Waals surface area (Å²) in [6.07, 6.45) is 0.205. The van der Waals surface area contributed by atoms with Crippen molar-refractivity contribution in [1.29, 1.82) is 0 Å². The van der Waals surface area contributed by atoms with Gasteiger partial charge in [0.25, 0.3) is 0 Å². The van der Waals surface area contributed by atoms with Crippen LogP contribution in [0.1, 0.15) is 33.3 Å². The summed E-state index contributed by atoms with van der Waals surface area (Å²) >= 11 is 3.53. The van der Waals surface area contributed by atoms with E-state index in [-0.39, 0.29) is 6.10 Å². The van der Waals surface area contributed by atoms with E-state index in [1.165, 1.54) is 5.56 Å². The van der Waals surface area contributed by atoms with E-state index in [9.17, 15) is 0 Å². The molecule has 1 aromatic rings. The van der Waals surface area contributed by atoms with Crippen LogP contribution in [0.2, 0.25) is 0 Å². The molecule has 2 nitrogen and oxygen atoms in total. The molecule has 0 aliphatic carbocycles. The Kier molecular flexibility index (Phi) is 5.29. The first-order chi connectivity index (χ1) is 7.49. The van der Waals surface area contributed by atoms with Crippen molar-refractivity contribution >= 4 is 15.9 Å². The van der Waals surface area contributed by atoms with Gasteiger partial charge in [0.1, 0.15) is 5.75 Å². The Bertz CT molecular complexity index is 337. The van der Waals surface area contributed by atoms with Crippen LogP contribution in [-0.2, 0) is 6.54 Å². The first-order valence-corrected chi connectivity index (χ1v) is 6.47. The van der Waals surface area contributed by atoms with Crippen molar-refractivity contribution in [2.45, 2.75) is 46.4 Å². The molecule has 0 aliphatic rings. The molecule has 0 saturated carbocycles. The van der Waals surface area contributed by atoms with Crippen molar-refractivity contribution in [3.8, 4) is 5.75 Å². The number of rotatable bonds is 5. The van der Waals surface area contributed by atoms with Gasteiger partial charge in [-0.25, -0.2) is 0 Å². The minimum Gasteiger partial charge on any atom is -0.490 e. The fraction of sp³-hybridized carbons (Fsp3) is 0.538. The molecule has 0 unspecified atom stereocenters. The number of benzene rings is 1. The highest BCUT2D eigenvalue weighted by Crippen LogP contribution is 2.26. The zero-order chi connectivity index (χ0) is 12.1. The lowest BCUT2D eigenvalue weighted by atomic mass is 10.2. The monoisotopic (exact) mass is 285 g/mol. The fourth-order valence-corrected chi connectivity index (χ4v) is 1.85. The summed E-state index contributed by atoms with van der Waals surface area (Å²) in [5.41, 5.74) is 1.26. The molecule has 0 saturated heterocycles. The summed E-state index contributed by atoms with van der Waals surface area (Å²) in [5.74, 6) is 0.906. The first-order valence-electron chi connectivity index (χ1n) is 5.67. The molecule has 0 radical (unpaired) electrons. The number of hydrogen-bond donors (Lipinski definition) is 1. The molecule has 90 valence electrons. The maximum Gasteiger partial charge on any atom is 0.133 e. The van der Waals surface area contributed by atoms with Gasteiger partial charge in [-0.3, -0.25) is 0 Å². The second kappa shape index (κ2) is 6.26. The first kappa shape index (κ1) is 13.5. The van der Waals surface area contributed by atoms with E-state index >= 15 is 0 Å². The van der Waals surface area contributed by atoms with Gasteiger partial charge in [-0.15, -0.1) is 0 Å². The van der Waals surface area contributed by atoms with Gasteiger partial charge in [-0.1, -0.05) is 19.9 Å². The average molecular weight is 286 g/mol. The van der Waals surface area contributed by atoms with Crippen molar-refractivity contribution in [2.24, 2.45) is 0 Å². The molecule has 1 aromatic carbocycles. The minimum atomic E-state index is 0.205. The molecule has 0 heterocycles. The number of ether oxygens (including phenoxy) is 1. The largest absolute Gasteiger partial charge is 0.490 e. The topological polar surface area (TPSA) is 21.3 Å². The van der Waals surface area contributed by atoms with E-state index in [2.05, 4.69) is 47.2 Å². The van der Waals surface area contributed by atoms with Crippen molar-refractivity contribution in [3.63, 3.8) is 0 Å². The van der Waals surface area contributed by atoms with Crippen LogP contribution in [-0.4, -0.2) is 12.1 Å². The molecule has 0 spiro atoms. The Morgan fingerprint density at radius 2 is 1.94 bits per heavy atom. The third-order valence-electron chi connectivity index (χ3n) is 2.07. The molecule has 16 heavy (non-hydrogen) atoms. The summed E-state index contributed by atoms with van der Waals surface area (Å²) < 4.78 is 6.68. The molecule has 1 rings (SSSR count). The molecule has 1 N–H and O–H groups in total. The Morgan fingerprint density at radius 1 is 1.25 bits per heavy atom. The van der Waals surface area contributed by atoms with Gasteiger partial charge in [-0.05, 0) is 47.5 Å². The summed E-state index contributed by atoms with van der Waals surface area (Å²) in [6.45, 7) is 9.23. The third kappa shape index (κ3) is 4.54. The Hall–Kier alpha value is -0.540. The van der Waals surface area contributed by atoms with Crippen LogP contribution in [0.25, 0.3) is 0 Å². The van der Waals surface area contributed by atoms with Crippen molar-refractivity contribution < 1.29 is 4.74 Å². The number of nitrogens with one attached hydrogen (secondary N) is 1. The van der Waals surface area contributed by atoms with Crippen LogP contribution >= 0.6 is 15.9 Å². The van der Waals surface area contributed by atoms with E-state index in [1.807, 2.05) is 19.9 Å². The molecule has 0 bridgehead atoms. The van der Waals surface area contributed by atoms with Gasteiger partial charge in [0.05, 0.1) is 10.6 Å². The van der Waals surface area contributed by atoms with E-state index < -0.39 is 0 Å². The lowest BCUT2D eigenvalue weighted by Crippen LogP contribution is -2.21. The third-order valence-corrected chi connectivity index (χ3v) is 2.69. The lowest BCUT2D eigenvalue weighted by molar-refractivity contribution is 0.241. The Balaban J connectivity index is 2.67. The Morgan fingerprint density at radius 3 is 2.44 bits per heavy atom. The van der Waals surface area contributed by atoms with Crippen LogP contribution in [0.4, 0.5) is 0 Å². The van der Waals surface area contributed by atoms with Gasteiger partial charge in [0.2, 0.25) is 0 Å². The molecule has 0 atom stereocenters. The van der Waals surface area contributed by atoms with Gasteiger partial charge >= 0.3 is 0 Å². The maximum absolute atomic E-state index is 5.66. The number of hydrogen-bond acceptors (Lipinski definition) is 2. The highest BCUT2D eigenvalue weighted by atomic mass is 79.9. The quantitative estimate of drug-likeness (QED) is 0.890. The van der Waals surface area contributed by atoms with Crippen molar-refractivity contribution in [1.82, 2.24) is 5.32 Å². The van der Waals surface area contributed by atoms with Gasteiger partial charge in [0, 0.05) is 12.6 Å². The van der Waals surface area contributed by atoms with Crippen molar-refractivity contribution in [3.05, 3.63) is 28.2 Å². The summed E-state index contributed by atoms with van der Waals surface area (Å²) in [4.78, 5) is 0. The standard InChI is InChI=1S/C13H20BrNO/c1-9(2)15-8-11-5-6-13(12(14)7-11)16-10(3)4/h5-7,9-10,15H,8H2,1-4H3. The van der Waals surface area contributed by atoms with Gasteiger partial charge in [-0.2, -0.15) is 0 Å².